The number of hydrogen-bond acceptors (Lipinski definition) is 5. The molecule has 0 radical (unpaired) electrons. The Balaban J connectivity index is 2.05. The molecule has 6 heteroatoms. The van der Waals surface area contributed by atoms with Crippen molar-refractivity contribution in [3.63, 3.8) is 0 Å². The Bertz CT molecular complexity index is 581. The van der Waals surface area contributed by atoms with Crippen molar-refractivity contribution in [2.75, 3.05) is 0 Å². The molecule has 1 heterocycles. The molecular formula is C13H13FN2O3. The molecule has 0 aliphatic carbocycles. The van der Waals surface area contributed by atoms with E-state index >= 15 is 0 Å². The molecule has 0 bridgehead atoms. The van der Waals surface area contributed by atoms with E-state index in [9.17, 15) is 9.18 Å². The van der Waals surface area contributed by atoms with E-state index in [2.05, 4.69) is 10.1 Å². The van der Waals surface area contributed by atoms with Crippen molar-refractivity contribution in [3.05, 3.63) is 41.3 Å². The van der Waals surface area contributed by atoms with Crippen molar-refractivity contribution < 1.29 is 18.4 Å². The van der Waals surface area contributed by atoms with Gasteiger partial charge in [0.05, 0.1) is 0 Å². The summed E-state index contributed by atoms with van der Waals surface area (Å²) in [7, 11) is 0. The zero-order valence-corrected chi connectivity index (χ0v) is 10.6. The van der Waals surface area contributed by atoms with E-state index in [-0.39, 0.29) is 23.8 Å². The fraction of sp³-hybridized carbons (Fsp3) is 0.308. The van der Waals surface area contributed by atoms with Gasteiger partial charge in [0.2, 0.25) is 0 Å². The van der Waals surface area contributed by atoms with Crippen LogP contribution in [0.15, 0.2) is 22.7 Å². The second-order valence-corrected chi connectivity index (χ2v) is 4.33. The zero-order chi connectivity index (χ0) is 13.8. The molecule has 0 amide bonds. The lowest BCUT2D eigenvalue weighted by Gasteiger charge is -2.03. The van der Waals surface area contributed by atoms with Gasteiger partial charge in [-0.2, -0.15) is 4.98 Å². The molecule has 0 aliphatic rings. The molecule has 5 nitrogen and oxygen atoms in total. The van der Waals surface area contributed by atoms with Gasteiger partial charge in [-0.15, -0.1) is 0 Å². The minimum Gasteiger partial charge on any atom is -0.484 e. The molecule has 2 aromatic rings. The first-order valence-electron chi connectivity index (χ1n) is 5.79. The maximum Gasteiger partial charge on any atom is 0.264 e. The minimum absolute atomic E-state index is 0.0292. The highest BCUT2D eigenvalue weighted by Crippen LogP contribution is 2.17. The Kier molecular flexibility index (Phi) is 3.89. The van der Waals surface area contributed by atoms with Crippen molar-refractivity contribution in [2.45, 2.75) is 26.4 Å². The quantitative estimate of drug-likeness (QED) is 0.777. The summed E-state index contributed by atoms with van der Waals surface area (Å²) in [5, 5.41) is 3.78. The molecule has 0 saturated heterocycles. The Labute approximate surface area is 109 Å². The van der Waals surface area contributed by atoms with Crippen LogP contribution in [0.2, 0.25) is 0 Å². The maximum atomic E-state index is 13.2. The summed E-state index contributed by atoms with van der Waals surface area (Å²) in [5.41, 5.74) is 0.211. The van der Waals surface area contributed by atoms with Crippen molar-refractivity contribution >= 4 is 6.29 Å². The van der Waals surface area contributed by atoms with Crippen molar-refractivity contribution in [3.8, 4) is 5.75 Å². The summed E-state index contributed by atoms with van der Waals surface area (Å²) >= 11 is 0. The first-order chi connectivity index (χ1) is 9.08. The number of rotatable bonds is 5. The number of halogens is 1. The lowest BCUT2D eigenvalue weighted by atomic mass is 10.2. The highest BCUT2D eigenvalue weighted by Gasteiger charge is 2.10. The number of carbonyl (C=O) groups is 1. The van der Waals surface area contributed by atoms with Crippen LogP contribution in [0.1, 0.15) is 41.8 Å². The first-order valence-corrected chi connectivity index (χ1v) is 5.79. The third-order valence-electron chi connectivity index (χ3n) is 2.39. The van der Waals surface area contributed by atoms with Gasteiger partial charge in [-0.1, -0.05) is 19.0 Å². The fourth-order valence-corrected chi connectivity index (χ4v) is 1.44. The number of hydrogen-bond donors (Lipinski definition) is 0. The van der Waals surface area contributed by atoms with Gasteiger partial charge in [0.25, 0.3) is 5.89 Å². The molecular weight excluding hydrogens is 251 g/mol. The van der Waals surface area contributed by atoms with Gasteiger partial charge in [-0.3, -0.25) is 4.79 Å². The topological polar surface area (TPSA) is 65.2 Å². The highest BCUT2D eigenvalue weighted by molar-refractivity contribution is 5.75. The van der Waals surface area contributed by atoms with E-state index in [1.54, 1.807) is 0 Å². The number of nitrogens with zero attached hydrogens (tertiary/aromatic N) is 2. The third-order valence-corrected chi connectivity index (χ3v) is 2.39. The standard InChI is InChI=1S/C13H13FN2O3/c1-8(2)13-15-12(19-16-13)7-18-11-4-9(6-17)3-10(14)5-11/h3-6,8H,7H2,1-2H3. The van der Waals surface area contributed by atoms with Gasteiger partial charge >= 0.3 is 0 Å². The largest absolute Gasteiger partial charge is 0.484 e. The number of aromatic nitrogens is 2. The fourth-order valence-electron chi connectivity index (χ4n) is 1.44. The van der Waals surface area contributed by atoms with Gasteiger partial charge in [0.15, 0.2) is 12.4 Å². The summed E-state index contributed by atoms with van der Waals surface area (Å²) in [5.74, 6) is 0.764. The number of ether oxygens (including phenoxy) is 1. The van der Waals surface area contributed by atoms with Crippen molar-refractivity contribution in [1.82, 2.24) is 10.1 Å². The SMILES string of the molecule is CC(C)c1noc(COc2cc(F)cc(C=O)c2)n1. The molecule has 0 fully saturated rings. The smallest absolute Gasteiger partial charge is 0.264 e. The minimum atomic E-state index is -0.534. The Morgan fingerprint density at radius 3 is 2.84 bits per heavy atom. The molecule has 0 atom stereocenters. The van der Waals surface area contributed by atoms with E-state index in [1.165, 1.54) is 12.1 Å². The van der Waals surface area contributed by atoms with Gasteiger partial charge in [-0.05, 0) is 12.1 Å². The van der Waals surface area contributed by atoms with E-state index in [0.29, 0.717) is 18.0 Å². The zero-order valence-electron chi connectivity index (χ0n) is 10.6. The summed E-state index contributed by atoms with van der Waals surface area (Å²) < 4.78 is 23.5. The van der Waals surface area contributed by atoms with Crippen LogP contribution in [-0.4, -0.2) is 16.4 Å². The molecule has 0 saturated carbocycles. The van der Waals surface area contributed by atoms with E-state index in [0.717, 1.165) is 6.07 Å². The van der Waals surface area contributed by atoms with Gasteiger partial charge in [0, 0.05) is 17.5 Å². The summed E-state index contributed by atoms with van der Waals surface area (Å²) in [6.07, 6.45) is 0.555. The maximum absolute atomic E-state index is 13.2. The number of aldehydes is 1. The monoisotopic (exact) mass is 264 g/mol. The van der Waals surface area contributed by atoms with Crippen LogP contribution in [-0.2, 0) is 6.61 Å². The predicted octanol–water partition coefficient (Wildman–Crippen LogP) is 2.72. The number of benzene rings is 1. The molecule has 1 aromatic heterocycles. The highest BCUT2D eigenvalue weighted by atomic mass is 19.1. The number of carbonyl (C=O) groups excluding carboxylic acids is 1. The normalized spacial score (nSPS) is 10.7. The predicted molar refractivity (Wildman–Crippen MR) is 64.5 cm³/mol. The average molecular weight is 264 g/mol. The second-order valence-electron chi connectivity index (χ2n) is 4.33. The molecule has 0 N–H and O–H groups in total. The molecule has 1 aromatic carbocycles. The van der Waals surface area contributed by atoms with Crippen LogP contribution in [0.4, 0.5) is 4.39 Å². The van der Waals surface area contributed by atoms with Crippen LogP contribution >= 0.6 is 0 Å². The molecule has 0 unspecified atom stereocenters. The van der Waals surface area contributed by atoms with Crippen molar-refractivity contribution in [2.24, 2.45) is 0 Å². The van der Waals surface area contributed by atoms with Gasteiger partial charge in [0.1, 0.15) is 17.9 Å². The van der Waals surface area contributed by atoms with Crippen LogP contribution in [0.3, 0.4) is 0 Å². The molecule has 0 aliphatic heterocycles. The Morgan fingerprint density at radius 2 is 2.21 bits per heavy atom. The molecule has 0 spiro atoms. The van der Waals surface area contributed by atoms with E-state index in [1.807, 2.05) is 13.8 Å². The van der Waals surface area contributed by atoms with Crippen LogP contribution in [0.5, 0.6) is 5.75 Å². The first kappa shape index (κ1) is 13.2. The average Bonchev–Trinajstić information content (AvgIpc) is 2.84. The lowest BCUT2D eigenvalue weighted by molar-refractivity contribution is 0.112. The van der Waals surface area contributed by atoms with E-state index < -0.39 is 5.82 Å². The van der Waals surface area contributed by atoms with Crippen LogP contribution in [0, 0.1) is 5.82 Å². The lowest BCUT2D eigenvalue weighted by Crippen LogP contribution is -1.98. The van der Waals surface area contributed by atoms with Crippen LogP contribution < -0.4 is 4.74 Å². The van der Waals surface area contributed by atoms with Crippen LogP contribution in [0.25, 0.3) is 0 Å². The second kappa shape index (κ2) is 5.60. The molecule has 100 valence electrons. The summed E-state index contributed by atoms with van der Waals surface area (Å²) in [6, 6.07) is 3.76. The van der Waals surface area contributed by atoms with Gasteiger partial charge in [-0.25, -0.2) is 4.39 Å². The van der Waals surface area contributed by atoms with Gasteiger partial charge < -0.3 is 9.26 Å². The molecule has 2 rings (SSSR count). The molecule has 19 heavy (non-hydrogen) atoms. The van der Waals surface area contributed by atoms with Crippen molar-refractivity contribution in [1.29, 1.82) is 0 Å². The Morgan fingerprint density at radius 1 is 1.42 bits per heavy atom. The van der Waals surface area contributed by atoms with E-state index in [4.69, 9.17) is 9.26 Å². The Hall–Kier alpha value is -2.24. The summed E-state index contributed by atoms with van der Waals surface area (Å²) in [6.45, 7) is 3.91. The summed E-state index contributed by atoms with van der Waals surface area (Å²) in [4.78, 5) is 14.7. The third kappa shape index (κ3) is 3.37.